The van der Waals surface area contributed by atoms with Crippen molar-refractivity contribution in [1.29, 1.82) is 0 Å². The van der Waals surface area contributed by atoms with Gasteiger partial charge in [0.2, 0.25) is 5.82 Å². The zero-order chi connectivity index (χ0) is 22.1. The Balaban J connectivity index is 1.68. The number of amides is 1. The lowest BCUT2D eigenvalue weighted by Crippen LogP contribution is -2.42. The third-order valence-electron chi connectivity index (χ3n) is 4.94. The standard InChI is InChI=1S/C21H22N6O4/c1-3-23-20(30)17-15(28)16(29)21(31-17)27-10-24-14-18(22)25-13(26-19(14)27)9-8-12-6-4-11(2)5-7-12/h4-7,10,15-17,21,28-29H,3H2,1-2H3,(H,23,30)(H2,22,25,26)/t15-,16+,17-,21+/m0/s1. The van der Waals surface area contributed by atoms with E-state index in [9.17, 15) is 15.0 Å². The van der Waals surface area contributed by atoms with Crippen molar-refractivity contribution < 1.29 is 19.7 Å². The second-order valence-electron chi connectivity index (χ2n) is 7.20. The molecule has 0 aliphatic carbocycles. The number of hydrogen-bond acceptors (Lipinski definition) is 8. The number of carbonyl (C=O) groups is 1. The topological polar surface area (TPSA) is 148 Å². The van der Waals surface area contributed by atoms with Gasteiger partial charge in [0.1, 0.15) is 17.7 Å². The number of ether oxygens (including phenoxy) is 1. The molecule has 10 nitrogen and oxygen atoms in total. The predicted octanol–water partition coefficient (Wildman–Crippen LogP) is -0.128. The van der Waals surface area contributed by atoms with E-state index in [1.807, 2.05) is 31.2 Å². The summed E-state index contributed by atoms with van der Waals surface area (Å²) >= 11 is 0. The lowest BCUT2D eigenvalue weighted by atomic mass is 10.1. The van der Waals surface area contributed by atoms with Crippen molar-refractivity contribution in [2.24, 2.45) is 0 Å². The van der Waals surface area contributed by atoms with Crippen molar-refractivity contribution in [3.8, 4) is 11.8 Å². The van der Waals surface area contributed by atoms with Gasteiger partial charge in [-0.05, 0) is 31.9 Å². The van der Waals surface area contributed by atoms with Crippen molar-refractivity contribution in [2.75, 3.05) is 12.3 Å². The number of fused-ring (bicyclic) bond motifs is 1. The molecule has 1 amide bonds. The first kappa shape index (κ1) is 20.7. The number of anilines is 1. The fraction of sp³-hybridized carbons (Fsp3) is 0.333. The first-order chi connectivity index (χ1) is 14.9. The van der Waals surface area contributed by atoms with Crippen LogP contribution in [0.2, 0.25) is 0 Å². The summed E-state index contributed by atoms with van der Waals surface area (Å²) in [5, 5.41) is 23.3. The molecule has 10 heteroatoms. The number of likely N-dealkylation sites (N-methyl/N-ethyl adjacent to an activating group) is 1. The van der Waals surface area contributed by atoms with Gasteiger partial charge in [0, 0.05) is 12.1 Å². The molecule has 31 heavy (non-hydrogen) atoms. The minimum absolute atomic E-state index is 0.116. The van der Waals surface area contributed by atoms with E-state index in [1.54, 1.807) is 6.92 Å². The lowest BCUT2D eigenvalue weighted by molar-refractivity contribution is -0.137. The fourth-order valence-electron chi connectivity index (χ4n) is 3.33. The first-order valence-electron chi connectivity index (χ1n) is 9.77. The molecule has 1 fully saturated rings. The normalized spacial score (nSPS) is 22.8. The van der Waals surface area contributed by atoms with Crippen molar-refractivity contribution in [2.45, 2.75) is 38.4 Å². The molecule has 0 saturated carbocycles. The third-order valence-corrected chi connectivity index (χ3v) is 4.94. The molecule has 4 atom stereocenters. The van der Waals surface area contributed by atoms with Gasteiger partial charge in [-0.25, -0.2) is 15.0 Å². The Morgan fingerprint density at radius 3 is 2.68 bits per heavy atom. The van der Waals surface area contributed by atoms with Gasteiger partial charge in [-0.1, -0.05) is 23.6 Å². The number of aromatic nitrogens is 4. The van der Waals surface area contributed by atoms with Gasteiger partial charge in [0.15, 0.2) is 23.8 Å². The molecule has 3 aromatic rings. The van der Waals surface area contributed by atoms with Gasteiger partial charge in [-0.2, -0.15) is 0 Å². The van der Waals surface area contributed by atoms with Crippen LogP contribution in [0.15, 0.2) is 30.6 Å². The SMILES string of the molecule is CCNC(=O)[C@H]1O[C@@H](n2cnc3c(N)nc(C#Cc4ccc(C)cc4)nc32)[C@H](O)[C@@H]1O. The molecular weight excluding hydrogens is 400 g/mol. The summed E-state index contributed by atoms with van der Waals surface area (Å²) in [6.45, 7) is 4.10. The van der Waals surface area contributed by atoms with Crippen molar-refractivity contribution in [1.82, 2.24) is 24.8 Å². The van der Waals surface area contributed by atoms with Gasteiger partial charge in [-0.15, -0.1) is 0 Å². The highest BCUT2D eigenvalue weighted by Gasteiger charge is 2.47. The van der Waals surface area contributed by atoms with Crippen LogP contribution >= 0.6 is 0 Å². The van der Waals surface area contributed by atoms with Crippen molar-refractivity contribution in [3.63, 3.8) is 0 Å². The number of aliphatic hydroxyl groups is 2. The highest BCUT2D eigenvalue weighted by molar-refractivity contribution is 5.83. The number of carbonyl (C=O) groups excluding carboxylic acids is 1. The van der Waals surface area contributed by atoms with Gasteiger partial charge in [-0.3, -0.25) is 9.36 Å². The van der Waals surface area contributed by atoms with Crippen LogP contribution < -0.4 is 11.1 Å². The Morgan fingerprint density at radius 1 is 1.23 bits per heavy atom. The summed E-state index contributed by atoms with van der Waals surface area (Å²) in [7, 11) is 0. The van der Waals surface area contributed by atoms with E-state index in [4.69, 9.17) is 10.5 Å². The largest absolute Gasteiger partial charge is 0.387 e. The molecule has 3 heterocycles. The minimum atomic E-state index is -1.41. The molecule has 0 unspecified atom stereocenters. The predicted molar refractivity (Wildman–Crippen MR) is 112 cm³/mol. The van der Waals surface area contributed by atoms with Crippen LogP contribution in [-0.4, -0.2) is 60.5 Å². The number of nitrogens with two attached hydrogens (primary N) is 1. The van der Waals surface area contributed by atoms with E-state index in [-0.39, 0.29) is 17.3 Å². The maximum atomic E-state index is 12.1. The van der Waals surface area contributed by atoms with Gasteiger partial charge >= 0.3 is 0 Å². The van der Waals surface area contributed by atoms with E-state index in [0.717, 1.165) is 11.1 Å². The smallest absolute Gasteiger partial charge is 0.252 e. The Labute approximate surface area is 178 Å². The summed E-state index contributed by atoms with van der Waals surface area (Å²) in [5.74, 6) is 5.62. The molecule has 2 aromatic heterocycles. The molecule has 1 aliphatic heterocycles. The van der Waals surface area contributed by atoms with Crippen LogP contribution in [0.3, 0.4) is 0 Å². The average molecular weight is 422 g/mol. The zero-order valence-electron chi connectivity index (χ0n) is 17.0. The second-order valence-corrected chi connectivity index (χ2v) is 7.20. The van der Waals surface area contributed by atoms with E-state index in [1.165, 1.54) is 10.9 Å². The van der Waals surface area contributed by atoms with Crippen LogP contribution in [0.5, 0.6) is 0 Å². The number of aryl methyl sites for hydroxylation is 1. The van der Waals surface area contributed by atoms with Crippen LogP contribution in [0.1, 0.15) is 30.1 Å². The second kappa shape index (κ2) is 8.31. The fourth-order valence-corrected chi connectivity index (χ4v) is 3.33. The van der Waals surface area contributed by atoms with Crippen molar-refractivity contribution >= 4 is 22.9 Å². The summed E-state index contributed by atoms with van der Waals surface area (Å²) < 4.78 is 7.06. The van der Waals surface area contributed by atoms with Crippen LogP contribution in [0.4, 0.5) is 5.82 Å². The molecule has 4 rings (SSSR count). The molecule has 0 radical (unpaired) electrons. The molecule has 5 N–H and O–H groups in total. The van der Waals surface area contributed by atoms with Gasteiger partial charge in [0.05, 0.1) is 6.33 Å². The van der Waals surface area contributed by atoms with Crippen molar-refractivity contribution in [3.05, 3.63) is 47.5 Å². The van der Waals surface area contributed by atoms with E-state index in [2.05, 4.69) is 32.1 Å². The quantitative estimate of drug-likeness (QED) is 0.427. The number of rotatable bonds is 3. The Morgan fingerprint density at radius 2 is 1.97 bits per heavy atom. The molecular formula is C21H22N6O4. The van der Waals surface area contributed by atoms with E-state index >= 15 is 0 Å². The summed E-state index contributed by atoms with van der Waals surface area (Å²) in [5.41, 5.74) is 8.51. The Bertz CT molecular complexity index is 1180. The van der Waals surface area contributed by atoms with Gasteiger partial charge in [0.25, 0.3) is 5.91 Å². The Kier molecular flexibility index (Phi) is 5.56. The Hall–Kier alpha value is -3.52. The number of hydrogen-bond donors (Lipinski definition) is 4. The van der Waals surface area contributed by atoms with Crippen LogP contribution in [0.25, 0.3) is 11.2 Å². The summed E-state index contributed by atoms with van der Waals surface area (Å²) in [6, 6.07) is 7.68. The molecule has 1 aliphatic rings. The van der Waals surface area contributed by atoms with Crippen LogP contribution in [0, 0.1) is 18.8 Å². The number of nitrogens with zero attached hydrogens (tertiary/aromatic N) is 4. The summed E-state index contributed by atoms with van der Waals surface area (Å²) in [6.07, 6.45) is -3.72. The maximum Gasteiger partial charge on any atom is 0.252 e. The number of aliphatic hydroxyl groups excluding tert-OH is 2. The highest BCUT2D eigenvalue weighted by atomic mass is 16.6. The monoisotopic (exact) mass is 422 g/mol. The van der Waals surface area contributed by atoms with Crippen LogP contribution in [-0.2, 0) is 9.53 Å². The number of nitrogens with one attached hydrogen (secondary N) is 1. The van der Waals surface area contributed by atoms with E-state index < -0.39 is 30.4 Å². The van der Waals surface area contributed by atoms with Gasteiger partial charge < -0.3 is 26.0 Å². The lowest BCUT2D eigenvalue weighted by Gasteiger charge is -2.16. The summed E-state index contributed by atoms with van der Waals surface area (Å²) in [4.78, 5) is 24.9. The molecule has 0 bridgehead atoms. The minimum Gasteiger partial charge on any atom is -0.387 e. The third kappa shape index (κ3) is 3.94. The zero-order valence-corrected chi connectivity index (χ0v) is 17.0. The molecule has 1 saturated heterocycles. The number of benzene rings is 1. The number of imidazole rings is 1. The highest BCUT2D eigenvalue weighted by Crippen LogP contribution is 2.32. The van der Waals surface area contributed by atoms with E-state index in [0.29, 0.717) is 12.1 Å². The average Bonchev–Trinajstić information content (AvgIpc) is 3.29. The molecule has 0 spiro atoms. The molecule has 160 valence electrons. The number of nitrogen functional groups attached to an aromatic ring is 1. The first-order valence-corrected chi connectivity index (χ1v) is 9.77. The molecule has 1 aromatic carbocycles. The maximum absolute atomic E-state index is 12.1.